The highest BCUT2D eigenvalue weighted by Gasteiger charge is 2.33. The minimum Gasteiger partial charge on any atom is -0.480 e. The molecule has 0 aromatic carbocycles. The maximum Gasteiger partial charge on any atom is 0.319 e. The van der Waals surface area contributed by atoms with Gasteiger partial charge < -0.3 is 10.4 Å². The summed E-state index contributed by atoms with van der Waals surface area (Å²) in [6.07, 6.45) is 4.44. The molecule has 4 nitrogen and oxygen atoms in total. The number of carbonyl (C=O) groups excluding carboxylic acids is 1. The third kappa shape index (κ3) is 4.22. The van der Waals surface area contributed by atoms with Crippen LogP contribution in [-0.4, -0.2) is 33.0 Å². The largest absolute Gasteiger partial charge is 0.480 e. The van der Waals surface area contributed by atoms with Crippen LogP contribution in [0.2, 0.25) is 0 Å². The first-order valence-corrected chi connectivity index (χ1v) is 6.92. The molecule has 0 aromatic rings. The molecule has 1 saturated carbocycles. The molecule has 1 rings (SSSR count). The zero-order chi connectivity index (χ0) is 13.1. The average molecular weight is 259 g/mol. The van der Waals surface area contributed by atoms with Crippen molar-refractivity contribution in [2.75, 3.05) is 0 Å². The Labute approximate surface area is 107 Å². The summed E-state index contributed by atoms with van der Waals surface area (Å²) in [4.78, 5) is 22.8. The van der Waals surface area contributed by atoms with E-state index in [0.29, 0.717) is 6.04 Å². The second-order valence-electron chi connectivity index (χ2n) is 5.07. The van der Waals surface area contributed by atoms with Crippen LogP contribution in [-0.2, 0) is 9.59 Å². The van der Waals surface area contributed by atoms with Gasteiger partial charge in [0.15, 0.2) is 0 Å². The second kappa shape index (κ2) is 5.76. The van der Waals surface area contributed by atoms with E-state index in [-0.39, 0.29) is 11.2 Å². The summed E-state index contributed by atoms with van der Waals surface area (Å²) in [6, 6.07) is 0.290. The number of hydrogen-bond donors (Lipinski definition) is 2. The Kier molecular flexibility index (Phi) is 4.86. The summed E-state index contributed by atoms with van der Waals surface area (Å²) in [5, 5.41) is 11.7. The summed E-state index contributed by atoms with van der Waals surface area (Å²) in [5.74, 6) is -0.931. The SMILES string of the molecule is CC(SC(C)(C)C(=O)O)C(=O)NC1CCCC1. The normalized spacial score (nSPS) is 19.0. The number of carboxylic acids is 1. The van der Waals surface area contributed by atoms with E-state index >= 15 is 0 Å². The van der Waals surface area contributed by atoms with Gasteiger partial charge in [0.1, 0.15) is 4.75 Å². The van der Waals surface area contributed by atoms with Gasteiger partial charge in [-0.2, -0.15) is 0 Å². The first kappa shape index (κ1) is 14.4. The van der Waals surface area contributed by atoms with Crippen LogP contribution >= 0.6 is 11.8 Å². The van der Waals surface area contributed by atoms with Gasteiger partial charge in [0, 0.05) is 6.04 Å². The molecule has 0 bridgehead atoms. The predicted molar refractivity (Wildman–Crippen MR) is 69.2 cm³/mol. The van der Waals surface area contributed by atoms with E-state index in [1.165, 1.54) is 24.6 Å². The lowest BCUT2D eigenvalue weighted by atomic mass is 10.2. The van der Waals surface area contributed by atoms with Gasteiger partial charge in [-0.1, -0.05) is 12.8 Å². The molecule has 1 fully saturated rings. The molecule has 0 spiro atoms. The molecule has 0 saturated heterocycles. The highest BCUT2D eigenvalue weighted by Crippen LogP contribution is 2.29. The number of carbonyl (C=O) groups is 2. The fourth-order valence-corrected chi connectivity index (χ4v) is 3.09. The van der Waals surface area contributed by atoms with Crippen molar-refractivity contribution in [3.05, 3.63) is 0 Å². The molecular formula is C12H21NO3S. The van der Waals surface area contributed by atoms with Gasteiger partial charge in [0.2, 0.25) is 5.91 Å². The van der Waals surface area contributed by atoms with Crippen molar-refractivity contribution in [1.82, 2.24) is 5.32 Å². The highest BCUT2D eigenvalue weighted by atomic mass is 32.2. The lowest BCUT2D eigenvalue weighted by molar-refractivity contribution is -0.138. The van der Waals surface area contributed by atoms with Crippen LogP contribution in [0.25, 0.3) is 0 Å². The molecule has 17 heavy (non-hydrogen) atoms. The lowest BCUT2D eigenvalue weighted by Gasteiger charge is -2.23. The number of carboxylic acid groups (broad SMARTS) is 1. The molecule has 1 aliphatic carbocycles. The number of nitrogens with one attached hydrogen (secondary N) is 1. The fourth-order valence-electron chi connectivity index (χ4n) is 1.93. The third-order valence-corrected chi connectivity index (χ3v) is 4.39. The summed E-state index contributed by atoms with van der Waals surface area (Å²) < 4.78 is -0.924. The molecule has 0 aromatic heterocycles. The van der Waals surface area contributed by atoms with Crippen molar-refractivity contribution >= 4 is 23.6 Å². The van der Waals surface area contributed by atoms with E-state index in [2.05, 4.69) is 5.32 Å². The van der Waals surface area contributed by atoms with Gasteiger partial charge >= 0.3 is 5.97 Å². The number of aliphatic carboxylic acids is 1. The Morgan fingerprint density at radius 3 is 2.35 bits per heavy atom. The van der Waals surface area contributed by atoms with Crippen LogP contribution in [0, 0.1) is 0 Å². The molecule has 0 aliphatic heterocycles. The van der Waals surface area contributed by atoms with Crippen molar-refractivity contribution in [3.8, 4) is 0 Å². The standard InChI is InChI=1S/C12H21NO3S/c1-8(17-12(2,3)11(15)16)10(14)13-9-6-4-5-7-9/h8-9H,4-7H2,1-3H3,(H,13,14)(H,15,16). The summed E-state index contributed by atoms with van der Waals surface area (Å²) >= 11 is 1.19. The van der Waals surface area contributed by atoms with Gasteiger partial charge in [-0.3, -0.25) is 9.59 Å². The minimum atomic E-state index is -0.924. The van der Waals surface area contributed by atoms with Crippen LogP contribution in [0.1, 0.15) is 46.5 Å². The van der Waals surface area contributed by atoms with Crippen molar-refractivity contribution in [3.63, 3.8) is 0 Å². The third-order valence-electron chi connectivity index (χ3n) is 3.06. The molecule has 1 aliphatic rings. The van der Waals surface area contributed by atoms with Crippen molar-refractivity contribution in [2.24, 2.45) is 0 Å². The van der Waals surface area contributed by atoms with Crippen molar-refractivity contribution in [1.29, 1.82) is 0 Å². The van der Waals surface area contributed by atoms with E-state index in [1.807, 2.05) is 0 Å². The number of rotatable bonds is 5. The zero-order valence-corrected chi connectivity index (χ0v) is 11.5. The van der Waals surface area contributed by atoms with Gasteiger partial charge in [-0.25, -0.2) is 0 Å². The topological polar surface area (TPSA) is 66.4 Å². The van der Waals surface area contributed by atoms with Crippen LogP contribution in [0.5, 0.6) is 0 Å². The molecule has 1 atom stereocenters. The minimum absolute atomic E-state index is 0.0452. The van der Waals surface area contributed by atoms with Crippen molar-refractivity contribution in [2.45, 2.75) is 62.5 Å². The molecule has 5 heteroatoms. The zero-order valence-electron chi connectivity index (χ0n) is 10.7. The number of amides is 1. The Morgan fingerprint density at radius 1 is 1.35 bits per heavy atom. The van der Waals surface area contributed by atoms with Crippen LogP contribution in [0.4, 0.5) is 0 Å². The van der Waals surface area contributed by atoms with E-state index in [9.17, 15) is 9.59 Å². The smallest absolute Gasteiger partial charge is 0.319 e. The Morgan fingerprint density at radius 2 is 1.88 bits per heavy atom. The van der Waals surface area contributed by atoms with Crippen molar-refractivity contribution < 1.29 is 14.7 Å². The molecule has 1 unspecified atom stereocenters. The van der Waals surface area contributed by atoms with Gasteiger partial charge in [0.05, 0.1) is 5.25 Å². The number of hydrogen-bond acceptors (Lipinski definition) is 3. The molecule has 2 N–H and O–H groups in total. The van der Waals surface area contributed by atoms with E-state index in [1.54, 1.807) is 20.8 Å². The Balaban J connectivity index is 2.43. The molecular weight excluding hydrogens is 238 g/mol. The van der Waals surface area contributed by atoms with E-state index < -0.39 is 10.7 Å². The molecule has 98 valence electrons. The quantitative estimate of drug-likeness (QED) is 0.793. The van der Waals surface area contributed by atoms with E-state index in [4.69, 9.17) is 5.11 Å². The Hall–Kier alpha value is -0.710. The maximum atomic E-state index is 11.9. The highest BCUT2D eigenvalue weighted by molar-refractivity contribution is 8.02. The first-order valence-electron chi connectivity index (χ1n) is 6.04. The fraction of sp³-hybridized carbons (Fsp3) is 0.833. The average Bonchev–Trinajstić information content (AvgIpc) is 2.69. The van der Waals surface area contributed by atoms with Crippen LogP contribution in [0.15, 0.2) is 0 Å². The molecule has 0 radical (unpaired) electrons. The van der Waals surface area contributed by atoms with Gasteiger partial charge in [-0.15, -0.1) is 11.8 Å². The Bertz CT molecular complexity index is 298. The lowest BCUT2D eigenvalue weighted by Crippen LogP contribution is -2.40. The van der Waals surface area contributed by atoms with Gasteiger partial charge in [0.25, 0.3) is 0 Å². The predicted octanol–water partition coefficient (Wildman–Crippen LogP) is 2.03. The van der Waals surface area contributed by atoms with Crippen LogP contribution < -0.4 is 5.32 Å². The van der Waals surface area contributed by atoms with Crippen LogP contribution in [0.3, 0.4) is 0 Å². The molecule has 1 amide bonds. The maximum absolute atomic E-state index is 11.9. The number of thioether (sulfide) groups is 1. The first-order chi connectivity index (χ1) is 7.83. The summed E-state index contributed by atoms with van der Waals surface area (Å²) in [5.41, 5.74) is 0. The summed E-state index contributed by atoms with van der Waals surface area (Å²) in [7, 11) is 0. The monoisotopic (exact) mass is 259 g/mol. The summed E-state index contributed by atoms with van der Waals surface area (Å²) in [6.45, 7) is 5.01. The second-order valence-corrected chi connectivity index (χ2v) is 7.03. The van der Waals surface area contributed by atoms with Gasteiger partial charge in [-0.05, 0) is 33.6 Å². The molecule has 0 heterocycles. The van der Waals surface area contributed by atoms with E-state index in [0.717, 1.165) is 12.8 Å².